The first-order valence-corrected chi connectivity index (χ1v) is 6.58. The molecule has 0 fully saturated rings. The van der Waals surface area contributed by atoms with Crippen LogP contribution in [-0.4, -0.2) is 35.3 Å². The third kappa shape index (κ3) is 4.38. The lowest BCUT2D eigenvalue weighted by Crippen LogP contribution is -2.49. The Hall–Kier alpha value is -1.04. The average molecular weight is 257 g/mol. The van der Waals surface area contributed by atoms with Crippen molar-refractivity contribution in [3.8, 4) is 0 Å². The van der Waals surface area contributed by atoms with Crippen LogP contribution in [0.4, 0.5) is 0 Å². The minimum Gasteiger partial charge on any atom is -0.344 e. The summed E-state index contributed by atoms with van der Waals surface area (Å²) in [5, 5.41) is 6.02. The van der Waals surface area contributed by atoms with E-state index in [1.807, 2.05) is 20.8 Å². The van der Waals surface area contributed by atoms with Crippen LogP contribution in [0.2, 0.25) is 0 Å². The average Bonchev–Trinajstić information content (AvgIpc) is 2.68. The fourth-order valence-electron chi connectivity index (χ4n) is 1.10. The molecule has 1 aliphatic rings. The molecule has 0 aromatic carbocycles. The van der Waals surface area contributed by atoms with Crippen molar-refractivity contribution in [2.45, 2.75) is 33.7 Å². The van der Waals surface area contributed by atoms with E-state index >= 15 is 0 Å². The van der Waals surface area contributed by atoms with Crippen LogP contribution in [0, 0.1) is 5.41 Å². The van der Waals surface area contributed by atoms with Crippen molar-refractivity contribution in [2.24, 2.45) is 10.4 Å². The molecule has 0 saturated carbocycles. The largest absolute Gasteiger partial charge is 0.344 e. The number of nitrogens with zero attached hydrogens (tertiary/aromatic N) is 1. The minimum atomic E-state index is -0.550. The van der Waals surface area contributed by atoms with Crippen molar-refractivity contribution in [3.05, 3.63) is 0 Å². The highest BCUT2D eigenvalue weighted by atomic mass is 32.2. The van der Waals surface area contributed by atoms with Crippen LogP contribution < -0.4 is 10.6 Å². The van der Waals surface area contributed by atoms with Gasteiger partial charge in [-0.25, -0.2) is 0 Å². The van der Waals surface area contributed by atoms with E-state index < -0.39 is 11.5 Å². The third-order valence-electron chi connectivity index (χ3n) is 2.24. The zero-order valence-corrected chi connectivity index (χ0v) is 11.5. The summed E-state index contributed by atoms with van der Waals surface area (Å²) in [6, 6.07) is -0.550. The van der Waals surface area contributed by atoms with E-state index in [1.165, 1.54) is 11.8 Å². The Morgan fingerprint density at radius 1 is 1.41 bits per heavy atom. The topological polar surface area (TPSA) is 70.6 Å². The molecule has 1 heterocycles. The summed E-state index contributed by atoms with van der Waals surface area (Å²) in [5.74, 6) is 0.537. The predicted molar refractivity (Wildman–Crippen MR) is 70.0 cm³/mol. The summed E-state index contributed by atoms with van der Waals surface area (Å²) >= 11 is 1.52. The fraction of sp³-hybridized carbons (Fsp3) is 0.727. The van der Waals surface area contributed by atoms with E-state index in [9.17, 15) is 9.59 Å². The van der Waals surface area contributed by atoms with Gasteiger partial charge in [-0.3, -0.25) is 14.6 Å². The van der Waals surface area contributed by atoms with Crippen molar-refractivity contribution in [3.63, 3.8) is 0 Å². The van der Waals surface area contributed by atoms with Gasteiger partial charge in [-0.15, -0.1) is 0 Å². The Morgan fingerprint density at radius 3 is 2.53 bits per heavy atom. The summed E-state index contributed by atoms with van der Waals surface area (Å²) < 4.78 is 0. The van der Waals surface area contributed by atoms with Crippen LogP contribution in [-0.2, 0) is 9.59 Å². The number of aliphatic imine (C=N–C) groups is 1. The molecular weight excluding hydrogens is 238 g/mol. The van der Waals surface area contributed by atoms with Gasteiger partial charge in [-0.05, 0) is 6.92 Å². The molecule has 0 radical (unpaired) electrons. The van der Waals surface area contributed by atoms with E-state index in [-0.39, 0.29) is 11.8 Å². The molecule has 2 N–H and O–H groups in total. The molecule has 17 heavy (non-hydrogen) atoms. The molecule has 1 aliphatic heterocycles. The van der Waals surface area contributed by atoms with Crippen LogP contribution in [0.3, 0.4) is 0 Å². The first-order chi connectivity index (χ1) is 7.80. The molecule has 0 aliphatic carbocycles. The van der Waals surface area contributed by atoms with Crippen LogP contribution in [0.5, 0.6) is 0 Å². The van der Waals surface area contributed by atoms with E-state index in [0.717, 1.165) is 12.3 Å². The fourth-order valence-corrected chi connectivity index (χ4v) is 1.83. The molecular formula is C11H19N3O2S. The van der Waals surface area contributed by atoms with Crippen molar-refractivity contribution in [2.75, 3.05) is 12.3 Å². The van der Waals surface area contributed by atoms with Crippen LogP contribution in [0.15, 0.2) is 4.99 Å². The number of carbonyl (C=O) groups excluding carboxylic acids is 2. The molecule has 1 unspecified atom stereocenters. The Bertz CT molecular complexity index is 347. The van der Waals surface area contributed by atoms with Gasteiger partial charge < -0.3 is 10.6 Å². The first kappa shape index (κ1) is 14.0. The Kier molecular flexibility index (Phi) is 4.56. The number of nitrogens with one attached hydrogen (secondary N) is 2. The Morgan fingerprint density at radius 2 is 2.06 bits per heavy atom. The van der Waals surface area contributed by atoms with Gasteiger partial charge >= 0.3 is 0 Å². The first-order valence-electron chi connectivity index (χ1n) is 5.60. The number of hydrogen-bond acceptors (Lipinski definition) is 4. The molecule has 0 aromatic heterocycles. The summed E-state index contributed by atoms with van der Waals surface area (Å²) in [6.45, 7) is 7.83. The maximum atomic E-state index is 11.7. The number of carbonyl (C=O) groups is 2. The number of thioether (sulfide) groups is 1. The Labute approximate surface area is 106 Å². The molecule has 1 atom stereocenters. The van der Waals surface area contributed by atoms with Crippen molar-refractivity contribution in [1.29, 1.82) is 0 Å². The molecule has 1 rings (SSSR count). The highest BCUT2D eigenvalue weighted by Gasteiger charge is 2.25. The van der Waals surface area contributed by atoms with Crippen molar-refractivity contribution < 1.29 is 9.59 Å². The summed E-state index contributed by atoms with van der Waals surface area (Å²) in [7, 11) is 0. The van der Waals surface area contributed by atoms with Gasteiger partial charge in [0.1, 0.15) is 6.04 Å². The number of amides is 2. The van der Waals surface area contributed by atoms with Crippen molar-refractivity contribution >= 4 is 28.7 Å². The molecule has 6 heteroatoms. The number of amidine groups is 1. The molecule has 5 nitrogen and oxygen atoms in total. The minimum absolute atomic E-state index is 0.138. The quantitative estimate of drug-likeness (QED) is 0.767. The predicted octanol–water partition coefficient (Wildman–Crippen LogP) is 0.756. The lowest BCUT2D eigenvalue weighted by molar-refractivity contribution is -0.132. The zero-order valence-electron chi connectivity index (χ0n) is 10.7. The van der Waals surface area contributed by atoms with E-state index in [1.54, 1.807) is 6.92 Å². The second-order valence-corrected chi connectivity index (χ2v) is 6.05. The van der Waals surface area contributed by atoms with E-state index in [2.05, 4.69) is 15.6 Å². The highest BCUT2D eigenvalue weighted by Crippen LogP contribution is 2.13. The smallest absolute Gasteiger partial charge is 0.248 e. The van der Waals surface area contributed by atoms with Crippen molar-refractivity contribution in [1.82, 2.24) is 10.6 Å². The maximum absolute atomic E-state index is 11.7. The lowest BCUT2D eigenvalue weighted by atomic mass is 9.95. The molecule has 2 amide bonds. The van der Waals surface area contributed by atoms with E-state index in [0.29, 0.717) is 5.17 Å². The van der Waals surface area contributed by atoms with Gasteiger partial charge in [-0.1, -0.05) is 32.5 Å². The normalized spacial score (nSPS) is 17.3. The number of hydrogen-bond donors (Lipinski definition) is 2. The summed E-state index contributed by atoms with van der Waals surface area (Å²) in [5.41, 5.74) is -0.492. The van der Waals surface area contributed by atoms with Crippen LogP contribution in [0.1, 0.15) is 27.7 Å². The lowest BCUT2D eigenvalue weighted by Gasteiger charge is -2.21. The van der Waals surface area contributed by atoms with Gasteiger partial charge in [0.15, 0.2) is 5.17 Å². The SMILES string of the molecule is CC(NC(=O)C(C)(C)C)C(=O)NC1=NCCS1. The molecule has 0 spiro atoms. The number of rotatable bonds is 2. The second-order valence-electron chi connectivity index (χ2n) is 4.97. The molecule has 0 bridgehead atoms. The highest BCUT2D eigenvalue weighted by molar-refractivity contribution is 8.14. The van der Waals surface area contributed by atoms with Gasteiger partial charge in [0, 0.05) is 11.2 Å². The molecule has 0 saturated heterocycles. The van der Waals surface area contributed by atoms with Gasteiger partial charge in [0.25, 0.3) is 0 Å². The summed E-state index contributed by atoms with van der Waals surface area (Å²) in [4.78, 5) is 27.6. The van der Waals surface area contributed by atoms with E-state index in [4.69, 9.17) is 0 Å². The standard InChI is InChI=1S/C11H19N3O2S/c1-7(13-9(16)11(2,3)4)8(15)14-10-12-5-6-17-10/h7H,5-6H2,1-4H3,(H,13,16)(H,12,14,15). The second kappa shape index (κ2) is 5.53. The monoisotopic (exact) mass is 257 g/mol. The summed E-state index contributed by atoms with van der Waals surface area (Å²) in [6.07, 6.45) is 0. The molecule has 96 valence electrons. The van der Waals surface area contributed by atoms with Crippen LogP contribution >= 0.6 is 11.8 Å². The molecule has 0 aromatic rings. The van der Waals surface area contributed by atoms with Crippen LogP contribution in [0.25, 0.3) is 0 Å². The Balaban J connectivity index is 2.44. The third-order valence-corrected chi connectivity index (χ3v) is 3.13. The van der Waals surface area contributed by atoms with Gasteiger partial charge in [0.2, 0.25) is 11.8 Å². The maximum Gasteiger partial charge on any atom is 0.248 e. The van der Waals surface area contributed by atoms with Gasteiger partial charge in [0.05, 0.1) is 6.54 Å². The zero-order chi connectivity index (χ0) is 13.1. The van der Waals surface area contributed by atoms with Gasteiger partial charge in [-0.2, -0.15) is 0 Å².